The highest BCUT2D eigenvalue weighted by molar-refractivity contribution is 5.79. The Morgan fingerprint density at radius 1 is 1.04 bits per heavy atom. The molecule has 2 unspecified atom stereocenters. The molecule has 2 atom stereocenters. The lowest BCUT2D eigenvalue weighted by Crippen LogP contribution is -2.52. The zero-order valence-electron chi connectivity index (χ0n) is 15.0. The van der Waals surface area contributed by atoms with Gasteiger partial charge in [-0.15, -0.1) is 0 Å². The second-order valence-electron chi connectivity index (χ2n) is 8.10. The second-order valence-corrected chi connectivity index (χ2v) is 8.10. The summed E-state index contributed by atoms with van der Waals surface area (Å²) >= 11 is 0. The second kappa shape index (κ2) is 7.45. The fourth-order valence-corrected chi connectivity index (χ4v) is 4.78. The maximum absolute atomic E-state index is 13.1. The molecule has 3 nitrogen and oxygen atoms in total. The van der Waals surface area contributed by atoms with Crippen LogP contribution in [0.3, 0.4) is 0 Å². The number of halogens is 1. The van der Waals surface area contributed by atoms with Crippen LogP contribution in [-0.2, 0) is 11.3 Å². The fourth-order valence-electron chi connectivity index (χ4n) is 4.78. The largest absolute Gasteiger partial charge is 0.338 e. The van der Waals surface area contributed by atoms with Crippen LogP contribution in [0.4, 0.5) is 4.39 Å². The maximum atomic E-state index is 13.1. The highest BCUT2D eigenvalue weighted by atomic mass is 19.1. The van der Waals surface area contributed by atoms with Gasteiger partial charge in [0.05, 0.1) is 6.54 Å². The van der Waals surface area contributed by atoms with E-state index in [0.717, 1.165) is 31.0 Å². The van der Waals surface area contributed by atoms with Crippen molar-refractivity contribution >= 4 is 5.91 Å². The van der Waals surface area contributed by atoms with Crippen molar-refractivity contribution in [2.24, 2.45) is 5.92 Å². The van der Waals surface area contributed by atoms with Crippen LogP contribution < -0.4 is 0 Å². The van der Waals surface area contributed by atoms with E-state index in [1.165, 1.54) is 57.1 Å². The molecule has 0 aromatic heterocycles. The third-order valence-corrected chi connectivity index (χ3v) is 6.26. The number of hydrogen-bond acceptors (Lipinski definition) is 2. The summed E-state index contributed by atoms with van der Waals surface area (Å²) in [6.07, 6.45) is 9.93. The van der Waals surface area contributed by atoms with Gasteiger partial charge in [0.1, 0.15) is 5.82 Å². The molecule has 0 bridgehead atoms. The monoisotopic (exact) mass is 344 g/mol. The number of likely N-dealkylation sites (tertiary alicyclic amines) is 1. The van der Waals surface area contributed by atoms with E-state index in [0.29, 0.717) is 24.5 Å². The Bertz CT molecular complexity index is 596. The number of rotatable bonds is 5. The first-order valence-corrected chi connectivity index (χ1v) is 9.98. The Hall–Kier alpha value is -1.42. The standard InChI is InChI=1S/C21H29FN2O/c22-18-9-7-16(8-10-18)14-23(19-11-12-19)15-21(25)24-13-3-5-17-4-1-2-6-20(17)24/h7-10,17,19-20H,1-6,11-15H2. The van der Waals surface area contributed by atoms with Crippen LogP contribution in [0.1, 0.15) is 56.9 Å². The van der Waals surface area contributed by atoms with Crippen molar-refractivity contribution in [3.8, 4) is 0 Å². The number of carbonyl (C=O) groups is 1. The SMILES string of the molecule is O=C(CN(Cc1ccc(F)cc1)C1CC1)N1CCCC2CCCCC21. The Kier molecular flexibility index (Phi) is 5.07. The van der Waals surface area contributed by atoms with E-state index in [-0.39, 0.29) is 5.82 Å². The quantitative estimate of drug-likeness (QED) is 0.807. The van der Waals surface area contributed by atoms with Crippen LogP contribution in [0.15, 0.2) is 24.3 Å². The normalized spacial score (nSPS) is 26.6. The number of nitrogens with zero attached hydrogens (tertiary/aromatic N) is 2. The minimum absolute atomic E-state index is 0.200. The summed E-state index contributed by atoms with van der Waals surface area (Å²) in [5.41, 5.74) is 1.09. The average Bonchev–Trinajstić information content (AvgIpc) is 3.47. The fraction of sp³-hybridized carbons (Fsp3) is 0.667. The first-order valence-electron chi connectivity index (χ1n) is 9.98. The molecule has 136 valence electrons. The van der Waals surface area contributed by atoms with Gasteiger partial charge in [0, 0.05) is 25.2 Å². The lowest BCUT2D eigenvalue weighted by molar-refractivity contribution is -0.139. The van der Waals surface area contributed by atoms with Crippen LogP contribution in [0, 0.1) is 11.7 Å². The van der Waals surface area contributed by atoms with E-state index in [4.69, 9.17) is 0 Å². The van der Waals surface area contributed by atoms with Gasteiger partial charge in [-0.05, 0) is 62.1 Å². The van der Waals surface area contributed by atoms with Crippen molar-refractivity contribution in [3.63, 3.8) is 0 Å². The van der Waals surface area contributed by atoms with Gasteiger partial charge in [-0.2, -0.15) is 0 Å². The summed E-state index contributed by atoms with van der Waals surface area (Å²) in [7, 11) is 0. The number of fused-ring (bicyclic) bond motifs is 1. The molecular weight excluding hydrogens is 315 g/mol. The summed E-state index contributed by atoms with van der Waals surface area (Å²) in [6.45, 7) is 2.21. The zero-order valence-corrected chi connectivity index (χ0v) is 15.0. The third-order valence-electron chi connectivity index (χ3n) is 6.26. The van der Waals surface area contributed by atoms with E-state index >= 15 is 0 Å². The van der Waals surface area contributed by atoms with Crippen molar-refractivity contribution in [1.29, 1.82) is 0 Å². The van der Waals surface area contributed by atoms with Gasteiger partial charge in [0.25, 0.3) is 0 Å². The first kappa shape index (κ1) is 17.0. The lowest BCUT2D eigenvalue weighted by Gasteiger charge is -2.44. The molecule has 1 heterocycles. The van der Waals surface area contributed by atoms with E-state index in [1.54, 1.807) is 0 Å². The molecule has 4 heteroatoms. The third kappa shape index (κ3) is 4.05. The topological polar surface area (TPSA) is 23.6 Å². The number of carbonyl (C=O) groups excluding carboxylic acids is 1. The molecule has 0 spiro atoms. The van der Waals surface area contributed by atoms with Gasteiger partial charge in [0.15, 0.2) is 0 Å². The summed E-state index contributed by atoms with van der Waals surface area (Å²) in [6, 6.07) is 7.72. The maximum Gasteiger partial charge on any atom is 0.237 e. The van der Waals surface area contributed by atoms with E-state index < -0.39 is 0 Å². The Morgan fingerprint density at radius 3 is 2.52 bits per heavy atom. The van der Waals surface area contributed by atoms with Crippen LogP contribution in [0.2, 0.25) is 0 Å². The Labute approximate surface area is 150 Å². The molecule has 1 saturated heterocycles. The molecule has 4 rings (SSSR count). The smallest absolute Gasteiger partial charge is 0.237 e. The van der Waals surface area contributed by atoms with Crippen LogP contribution in [-0.4, -0.2) is 40.9 Å². The van der Waals surface area contributed by atoms with Crippen LogP contribution >= 0.6 is 0 Å². The van der Waals surface area contributed by atoms with Crippen LogP contribution in [0.25, 0.3) is 0 Å². The number of benzene rings is 1. The van der Waals surface area contributed by atoms with Crippen molar-refractivity contribution in [2.75, 3.05) is 13.1 Å². The highest BCUT2D eigenvalue weighted by Crippen LogP contribution is 2.36. The minimum atomic E-state index is -0.200. The van der Waals surface area contributed by atoms with Gasteiger partial charge in [0.2, 0.25) is 5.91 Å². The van der Waals surface area contributed by atoms with Crippen molar-refractivity contribution in [2.45, 2.75) is 70.0 Å². The molecule has 3 aliphatic rings. The molecule has 1 aliphatic heterocycles. The molecule has 2 saturated carbocycles. The minimum Gasteiger partial charge on any atom is -0.338 e. The molecule has 3 fully saturated rings. The number of piperidine rings is 1. The molecule has 25 heavy (non-hydrogen) atoms. The average molecular weight is 344 g/mol. The lowest BCUT2D eigenvalue weighted by atomic mass is 9.78. The summed E-state index contributed by atoms with van der Waals surface area (Å²) in [5, 5.41) is 0. The first-order chi connectivity index (χ1) is 12.2. The van der Waals surface area contributed by atoms with Gasteiger partial charge in [-0.1, -0.05) is 25.0 Å². The molecule has 0 N–H and O–H groups in total. The predicted octanol–water partition coefficient (Wildman–Crippen LogP) is 3.97. The van der Waals surface area contributed by atoms with Crippen molar-refractivity contribution < 1.29 is 9.18 Å². The highest BCUT2D eigenvalue weighted by Gasteiger charge is 2.37. The molecule has 2 aliphatic carbocycles. The predicted molar refractivity (Wildman–Crippen MR) is 96.5 cm³/mol. The summed E-state index contributed by atoms with van der Waals surface area (Å²) < 4.78 is 13.1. The summed E-state index contributed by atoms with van der Waals surface area (Å²) in [5.74, 6) is 0.845. The summed E-state index contributed by atoms with van der Waals surface area (Å²) in [4.78, 5) is 17.6. The molecule has 0 radical (unpaired) electrons. The molecular formula is C21H29FN2O. The van der Waals surface area contributed by atoms with Crippen molar-refractivity contribution in [3.05, 3.63) is 35.6 Å². The van der Waals surface area contributed by atoms with E-state index in [9.17, 15) is 9.18 Å². The van der Waals surface area contributed by atoms with Gasteiger partial charge >= 0.3 is 0 Å². The van der Waals surface area contributed by atoms with Gasteiger partial charge < -0.3 is 4.90 Å². The van der Waals surface area contributed by atoms with E-state index in [1.807, 2.05) is 12.1 Å². The van der Waals surface area contributed by atoms with E-state index in [2.05, 4.69) is 9.80 Å². The van der Waals surface area contributed by atoms with Gasteiger partial charge in [-0.3, -0.25) is 9.69 Å². The van der Waals surface area contributed by atoms with Crippen molar-refractivity contribution in [1.82, 2.24) is 9.80 Å². The molecule has 1 amide bonds. The Morgan fingerprint density at radius 2 is 1.76 bits per heavy atom. The molecule has 1 aromatic carbocycles. The van der Waals surface area contributed by atoms with Gasteiger partial charge in [-0.25, -0.2) is 4.39 Å². The zero-order chi connectivity index (χ0) is 17.2. The number of amides is 1. The molecule has 1 aromatic rings. The Balaban J connectivity index is 1.41. The van der Waals surface area contributed by atoms with Crippen LogP contribution in [0.5, 0.6) is 0 Å². The number of hydrogen-bond donors (Lipinski definition) is 0.